The van der Waals surface area contributed by atoms with Gasteiger partial charge in [-0.15, -0.1) is 0 Å². The van der Waals surface area contributed by atoms with E-state index in [-0.39, 0.29) is 6.61 Å². The van der Waals surface area contributed by atoms with Crippen molar-refractivity contribution in [2.75, 3.05) is 26.4 Å². The monoisotopic (exact) mass is 482 g/mol. The summed E-state index contributed by atoms with van der Waals surface area (Å²) in [5, 5.41) is 62.8. The lowest BCUT2D eigenvalue weighted by Crippen LogP contribution is -2.67. The Labute approximate surface area is 192 Å². The van der Waals surface area contributed by atoms with Gasteiger partial charge in [-0.05, 0) is 19.4 Å². The average molecular weight is 483 g/mol. The van der Waals surface area contributed by atoms with Gasteiger partial charge in [0.1, 0.15) is 48.8 Å². The van der Waals surface area contributed by atoms with Crippen molar-refractivity contribution in [3.8, 4) is 0 Å². The van der Waals surface area contributed by atoms with Gasteiger partial charge in [-0.25, -0.2) is 0 Å². The number of amides is 1. The van der Waals surface area contributed by atoms with E-state index in [4.69, 9.17) is 24.7 Å². The quantitative estimate of drug-likeness (QED) is 0.126. The fourth-order valence-electron chi connectivity index (χ4n) is 3.90. The van der Waals surface area contributed by atoms with Crippen molar-refractivity contribution < 1.29 is 54.4 Å². The standard InChI is InChI=1S/C20H38N2O11/c1-10(25)22-13-15(27)18(33-20-17(29)16(28)14(26)11(8-23)31-20)12(9-24)32-19(13)30-7-5-3-2-4-6-21/h11-20,23-24,26-29H,2-9,21H2,1H3,(H,22,25). The number of unbranched alkanes of at least 4 members (excludes halogenated alkanes) is 3. The highest BCUT2D eigenvalue weighted by Crippen LogP contribution is 2.29. The van der Waals surface area contributed by atoms with Crippen LogP contribution >= 0.6 is 0 Å². The van der Waals surface area contributed by atoms with Crippen molar-refractivity contribution in [2.24, 2.45) is 5.73 Å². The summed E-state index contributed by atoms with van der Waals surface area (Å²) in [7, 11) is 0. The molecule has 10 atom stereocenters. The Morgan fingerprint density at radius 2 is 1.52 bits per heavy atom. The minimum Gasteiger partial charge on any atom is -0.394 e. The molecule has 0 aromatic carbocycles. The largest absolute Gasteiger partial charge is 0.394 e. The first-order valence-corrected chi connectivity index (χ1v) is 11.2. The van der Waals surface area contributed by atoms with E-state index >= 15 is 0 Å². The minimum atomic E-state index is -1.71. The second-order valence-electron chi connectivity index (χ2n) is 8.31. The molecule has 2 aliphatic heterocycles. The molecule has 0 saturated carbocycles. The van der Waals surface area contributed by atoms with Crippen LogP contribution in [0.3, 0.4) is 0 Å². The van der Waals surface area contributed by atoms with E-state index in [1.54, 1.807) is 0 Å². The molecule has 0 radical (unpaired) electrons. The summed E-state index contributed by atoms with van der Waals surface area (Å²) in [5.74, 6) is -0.465. The van der Waals surface area contributed by atoms with Crippen molar-refractivity contribution in [3.63, 3.8) is 0 Å². The maximum absolute atomic E-state index is 11.7. The molecule has 10 unspecified atom stereocenters. The zero-order valence-corrected chi connectivity index (χ0v) is 18.7. The number of nitrogens with two attached hydrogens (primary N) is 1. The van der Waals surface area contributed by atoms with Gasteiger partial charge in [-0.2, -0.15) is 0 Å². The number of aliphatic hydroxyl groups is 6. The Balaban J connectivity index is 2.08. The van der Waals surface area contributed by atoms with Crippen molar-refractivity contribution in [1.29, 1.82) is 0 Å². The Kier molecular flexibility index (Phi) is 11.8. The van der Waals surface area contributed by atoms with Gasteiger partial charge in [0, 0.05) is 13.5 Å². The van der Waals surface area contributed by atoms with Crippen LogP contribution in [0.15, 0.2) is 0 Å². The van der Waals surface area contributed by atoms with Crippen molar-refractivity contribution >= 4 is 5.91 Å². The number of ether oxygens (including phenoxy) is 4. The highest BCUT2D eigenvalue weighted by molar-refractivity contribution is 5.73. The molecule has 2 heterocycles. The molecule has 13 nitrogen and oxygen atoms in total. The van der Waals surface area contributed by atoms with Crippen LogP contribution in [-0.2, 0) is 23.7 Å². The summed E-state index contributed by atoms with van der Waals surface area (Å²) in [4.78, 5) is 11.7. The normalized spacial score (nSPS) is 39.4. The molecule has 9 N–H and O–H groups in total. The lowest BCUT2D eigenvalue weighted by atomic mass is 9.95. The first kappa shape index (κ1) is 28.3. The van der Waals surface area contributed by atoms with E-state index in [9.17, 15) is 35.4 Å². The Bertz CT molecular complexity index is 584. The summed E-state index contributed by atoms with van der Waals surface area (Å²) < 4.78 is 22.4. The van der Waals surface area contributed by atoms with E-state index in [0.29, 0.717) is 13.0 Å². The van der Waals surface area contributed by atoms with E-state index < -0.39 is 80.5 Å². The second-order valence-corrected chi connectivity index (χ2v) is 8.31. The van der Waals surface area contributed by atoms with Gasteiger partial charge in [0.05, 0.1) is 13.2 Å². The van der Waals surface area contributed by atoms with Crippen LogP contribution in [0.25, 0.3) is 0 Å². The molecule has 1 amide bonds. The van der Waals surface area contributed by atoms with E-state index in [2.05, 4.69) is 5.32 Å². The number of aliphatic hydroxyl groups excluding tert-OH is 6. The lowest BCUT2D eigenvalue weighted by Gasteiger charge is -2.47. The Hall–Kier alpha value is -0.970. The molecule has 2 saturated heterocycles. The van der Waals surface area contributed by atoms with E-state index in [1.165, 1.54) is 6.92 Å². The predicted molar refractivity (Wildman–Crippen MR) is 111 cm³/mol. The van der Waals surface area contributed by atoms with E-state index in [1.807, 2.05) is 0 Å². The van der Waals surface area contributed by atoms with Gasteiger partial charge in [0.15, 0.2) is 12.6 Å². The third kappa shape index (κ3) is 7.50. The maximum atomic E-state index is 11.7. The predicted octanol–water partition coefficient (Wildman–Crippen LogP) is -3.71. The molecule has 0 aromatic rings. The fourth-order valence-corrected chi connectivity index (χ4v) is 3.90. The molecule has 2 fully saturated rings. The van der Waals surface area contributed by atoms with Crippen LogP contribution in [0, 0.1) is 0 Å². The number of nitrogens with one attached hydrogen (secondary N) is 1. The maximum Gasteiger partial charge on any atom is 0.217 e. The topological polar surface area (TPSA) is 213 Å². The summed E-state index contributed by atoms with van der Waals surface area (Å²) in [6.07, 6.45) is -9.29. The lowest BCUT2D eigenvalue weighted by molar-refractivity contribution is -0.348. The number of rotatable bonds is 12. The third-order valence-corrected chi connectivity index (χ3v) is 5.74. The van der Waals surface area contributed by atoms with E-state index in [0.717, 1.165) is 19.3 Å². The summed E-state index contributed by atoms with van der Waals surface area (Å²) in [5.41, 5.74) is 5.47. The third-order valence-electron chi connectivity index (χ3n) is 5.74. The highest BCUT2D eigenvalue weighted by Gasteiger charge is 2.51. The second kappa shape index (κ2) is 13.8. The minimum absolute atomic E-state index is 0.286. The van der Waals surface area contributed by atoms with Gasteiger partial charge < -0.3 is 60.6 Å². The van der Waals surface area contributed by atoms with Crippen LogP contribution in [0.1, 0.15) is 32.6 Å². The van der Waals surface area contributed by atoms with Gasteiger partial charge in [0.25, 0.3) is 0 Å². The number of hydrogen-bond donors (Lipinski definition) is 8. The smallest absolute Gasteiger partial charge is 0.217 e. The zero-order chi connectivity index (χ0) is 24.5. The van der Waals surface area contributed by atoms with Gasteiger partial charge in [0.2, 0.25) is 5.91 Å². The van der Waals surface area contributed by atoms with Gasteiger partial charge in [-0.3, -0.25) is 4.79 Å². The fraction of sp³-hybridized carbons (Fsp3) is 0.950. The van der Waals surface area contributed by atoms with Crippen LogP contribution in [-0.4, -0.2) is 124 Å². The molecule has 0 bridgehead atoms. The summed E-state index contributed by atoms with van der Waals surface area (Å²) in [6, 6.07) is -1.07. The van der Waals surface area contributed by atoms with Crippen LogP contribution < -0.4 is 11.1 Å². The Morgan fingerprint density at radius 1 is 0.879 bits per heavy atom. The van der Waals surface area contributed by atoms with Crippen LogP contribution in [0.2, 0.25) is 0 Å². The molecule has 0 aromatic heterocycles. The molecule has 2 aliphatic rings. The van der Waals surface area contributed by atoms with Crippen molar-refractivity contribution in [1.82, 2.24) is 5.32 Å². The Morgan fingerprint density at radius 3 is 2.12 bits per heavy atom. The van der Waals surface area contributed by atoms with Gasteiger partial charge >= 0.3 is 0 Å². The molecular formula is C20H38N2O11. The van der Waals surface area contributed by atoms with Crippen LogP contribution in [0.4, 0.5) is 0 Å². The number of hydrogen-bond acceptors (Lipinski definition) is 12. The molecule has 0 spiro atoms. The van der Waals surface area contributed by atoms with Crippen molar-refractivity contribution in [3.05, 3.63) is 0 Å². The van der Waals surface area contributed by atoms with Crippen molar-refractivity contribution in [2.45, 2.75) is 94.0 Å². The molecule has 194 valence electrons. The highest BCUT2D eigenvalue weighted by atomic mass is 16.7. The summed E-state index contributed by atoms with van der Waals surface area (Å²) >= 11 is 0. The number of carbonyl (C=O) groups is 1. The van der Waals surface area contributed by atoms with Gasteiger partial charge in [-0.1, -0.05) is 12.8 Å². The number of carbonyl (C=O) groups excluding carboxylic acids is 1. The summed E-state index contributed by atoms with van der Waals surface area (Å²) in [6.45, 7) is 0.893. The first-order valence-electron chi connectivity index (χ1n) is 11.2. The molecule has 0 aliphatic carbocycles. The molecule has 2 rings (SSSR count). The average Bonchev–Trinajstić information content (AvgIpc) is 2.79. The SMILES string of the molecule is CC(=O)NC1C(OCCCCCCN)OC(CO)C(OC2OC(CO)C(O)C(O)C2O)C1O. The molecule has 13 heteroatoms. The van der Waals surface area contributed by atoms with Crippen LogP contribution in [0.5, 0.6) is 0 Å². The first-order chi connectivity index (χ1) is 15.7. The molecule has 33 heavy (non-hydrogen) atoms. The zero-order valence-electron chi connectivity index (χ0n) is 18.7. The molecular weight excluding hydrogens is 444 g/mol.